The Morgan fingerprint density at radius 2 is 2.18 bits per heavy atom. The summed E-state index contributed by atoms with van der Waals surface area (Å²) >= 11 is 6.01. The van der Waals surface area contributed by atoms with Gasteiger partial charge in [0.1, 0.15) is 0 Å². The fourth-order valence-electron chi connectivity index (χ4n) is 2.38. The number of nitrogens with one attached hydrogen (secondary N) is 1. The van der Waals surface area contributed by atoms with Crippen molar-refractivity contribution < 1.29 is 0 Å². The summed E-state index contributed by atoms with van der Waals surface area (Å²) in [6, 6.07) is 12.1. The molecule has 3 heteroatoms. The van der Waals surface area contributed by atoms with Gasteiger partial charge < -0.3 is 5.32 Å². The lowest BCUT2D eigenvalue weighted by Crippen LogP contribution is -2.18. The Hall–Kier alpha value is -1.54. The van der Waals surface area contributed by atoms with Crippen molar-refractivity contribution in [3.8, 4) is 0 Å². The van der Waals surface area contributed by atoms with E-state index in [2.05, 4.69) is 22.4 Å². The number of benzene rings is 1. The minimum Gasteiger partial charge on any atom is -0.385 e. The van der Waals surface area contributed by atoms with Gasteiger partial charge in [0.2, 0.25) is 0 Å². The van der Waals surface area contributed by atoms with Gasteiger partial charge in [0, 0.05) is 35.1 Å². The van der Waals surface area contributed by atoms with Crippen LogP contribution in [0.4, 0.5) is 5.69 Å². The van der Waals surface area contributed by atoms with Crippen molar-refractivity contribution in [1.82, 2.24) is 4.98 Å². The van der Waals surface area contributed by atoms with Gasteiger partial charge >= 0.3 is 0 Å². The Morgan fingerprint density at radius 1 is 1.24 bits per heavy atom. The zero-order valence-electron chi connectivity index (χ0n) is 9.36. The van der Waals surface area contributed by atoms with E-state index in [1.54, 1.807) is 0 Å². The van der Waals surface area contributed by atoms with Crippen LogP contribution < -0.4 is 5.32 Å². The average molecular weight is 245 g/mol. The Morgan fingerprint density at radius 3 is 3.00 bits per heavy atom. The Kier molecular flexibility index (Phi) is 2.73. The highest BCUT2D eigenvalue weighted by molar-refractivity contribution is 6.30. The predicted molar refractivity (Wildman–Crippen MR) is 70.6 cm³/mol. The Bertz CT molecular complexity index is 525. The van der Waals surface area contributed by atoms with Crippen LogP contribution in [0, 0.1) is 0 Å². The minimum absolute atomic E-state index is 0.379. The molecular weight excluding hydrogens is 232 g/mol. The lowest BCUT2D eigenvalue weighted by atomic mass is 9.88. The highest BCUT2D eigenvalue weighted by Gasteiger charge is 2.22. The lowest BCUT2D eigenvalue weighted by Gasteiger charge is -2.26. The number of nitrogens with zero attached hydrogens (tertiary/aromatic N) is 1. The first-order valence-electron chi connectivity index (χ1n) is 5.79. The second-order valence-electron chi connectivity index (χ2n) is 4.25. The van der Waals surface area contributed by atoms with E-state index in [1.165, 1.54) is 5.56 Å². The summed E-state index contributed by atoms with van der Waals surface area (Å²) in [5.41, 5.74) is 3.57. The smallest absolute Gasteiger partial charge is 0.0479 e. The normalized spacial score (nSPS) is 18.3. The molecular formula is C14H13ClN2. The molecule has 1 aliphatic rings. The molecule has 0 saturated carbocycles. The van der Waals surface area contributed by atoms with Crippen molar-refractivity contribution in [2.45, 2.75) is 12.3 Å². The summed E-state index contributed by atoms with van der Waals surface area (Å²) in [4.78, 5) is 4.46. The van der Waals surface area contributed by atoms with Crippen molar-refractivity contribution in [1.29, 1.82) is 0 Å². The molecule has 1 aromatic carbocycles. The Balaban J connectivity index is 2.06. The van der Waals surface area contributed by atoms with E-state index < -0.39 is 0 Å². The number of pyridine rings is 1. The van der Waals surface area contributed by atoms with Crippen LogP contribution in [-0.2, 0) is 0 Å². The number of halogens is 1. The molecule has 2 aromatic rings. The van der Waals surface area contributed by atoms with E-state index in [0.29, 0.717) is 5.92 Å². The van der Waals surface area contributed by atoms with E-state index >= 15 is 0 Å². The number of fused-ring (bicyclic) bond motifs is 1. The maximum atomic E-state index is 6.01. The van der Waals surface area contributed by atoms with Gasteiger partial charge in [-0.3, -0.25) is 4.98 Å². The molecule has 86 valence electrons. The summed E-state index contributed by atoms with van der Waals surface area (Å²) in [6.45, 7) is 0.967. The molecule has 0 radical (unpaired) electrons. The minimum atomic E-state index is 0.379. The highest BCUT2D eigenvalue weighted by atomic mass is 35.5. The predicted octanol–water partition coefficient (Wildman–Crippen LogP) is 3.68. The third-order valence-corrected chi connectivity index (χ3v) is 3.42. The monoisotopic (exact) mass is 244 g/mol. The quantitative estimate of drug-likeness (QED) is 0.828. The molecule has 2 nitrogen and oxygen atoms in total. The van der Waals surface area contributed by atoms with E-state index in [-0.39, 0.29) is 0 Å². The molecule has 17 heavy (non-hydrogen) atoms. The molecule has 1 aromatic heterocycles. The molecule has 1 unspecified atom stereocenters. The van der Waals surface area contributed by atoms with Crippen LogP contribution in [0.5, 0.6) is 0 Å². The number of hydrogen-bond acceptors (Lipinski definition) is 2. The van der Waals surface area contributed by atoms with Gasteiger partial charge in [0.05, 0.1) is 0 Å². The van der Waals surface area contributed by atoms with Gasteiger partial charge in [-0.2, -0.15) is 0 Å². The van der Waals surface area contributed by atoms with Crippen molar-refractivity contribution in [2.75, 3.05) is 11.9 Å². The first-order valence-corrected chi connectivity index (χ1v) is 6.16. The molecule has 1 atom stereocenters. The van der Waals surface area contributed by atoms with Crippen LogP contribution >= 0.6 is 11.6 Å². The fourth-order valence-corrected chi connectivity index (χ4v) is 2.55. The topological polar surface area (TPSA) is 24.9 Å². The van der Waals surface area contributed by atoms with E-state index in [1.807, 2.05) is 30.5 Å². The van der Waals surface area contributed by atoms with Gasteiger partial charge in [-0.05, 0) is 36.2 Å². The van der Waals surface area contributed by atoms with Gasteiger partial charge in [-0.1, -0.05) is 23.7 Å². The van der Waals surface area contributed by atoms with Gasteiger partial charge in [-0.15, -0.1) is 0 Å². The van der Waals surface area contributed by atoms with Crippen molar-refractivity contribution in [2.24, 2.45) is 0 Å². The van der Waals surface area contributed by atoms with Crippen LogP contribution in [0.2, 0.25) is 5.02 Å². The van der Waals surface area contributed by atoms with Gasteiger partial charge in [0.25, 0.3) is 0 Å². The zero-order valence-corrected chi connectivity index (χ0v) is 10.1. The zero-order chi connectivity index (χ0) is 11.7. The third kappa shape index (κ3) is 2.01. The second kappa shape index (κ2) is 4.38. The number of hydrogen-bond donors (Lipinski definition) is 1. The maximum absolute atomic E-state index is 6.01. The molecule has 0 saturated heterocycles. The maximum Gasteiger partial charge on any atom is 0.0479 e. The van der Waals surface area contributed by atoms with Crippen LogP contribution in [0.25, 0.3) is 0 Å². The third-order valence-electron chi connectivity index (χ3n) is 3.18. The van der Waals surface area contributed by atoms with Gasteiger partial charge in [-0.25, -0.2) is 0 Å². The molecule has 1 N–H and O–H groups in total. The first-order chi connectivity index (χ1) is 8.34. The molecule has 2 heterocycles. The summed E-state index contributed by atoms with van der Waals surface area (Å²) in [7, 11) is 0. The first kappa shape index (κ1) is 10.6. The molecule has 0 spiro atoms. The summed E-state index contributed by atoms with van der Waals surface area (Å²) in [5.74, 6) is 0.379. The number of aromatic nitrogens is 1. The van der Waals surface area contributed by atoms with Crippen LogP contribution in [0.1, 0.15) is 23.6 Å². The SMILES string of the molecule is Clc1ccc2c(c1)NCCC2c1ccccn1. The summed E-state index contributed by atoms with van der Waals surface area (Å²) < 4.78 is 0. The number of anilines is 1. The molecule has 1 aliphatic heterocycles. The van der Waals surface area contributed by atoms with Gasteiger partial charge in [0.15, 0.2) is 0 Å². The van der Waals surface area contributed by atoms with Crippen LogP contribution in [0.3, 0.4) is 0 Å². The van der Waals surface area contributed by atoms with Crippen molar-refractivity contribution >= 4 is 17.3 Å². The van der Waals surface area contributed by atoms with Crippen LogP contribution in [0.15, 0.2) is 42.6 Å². The highest BCUT2D eigenvalue weighted by Crippen LogP contribution is 2.36. The van der Waals surface area contributed by atoms with E-state index in [9.17, 15) is 0 Å². The number of rotatable bonds is 1. The Labute approximate surface area is 106 Å². The molecule has 3 rings (SSSR count). The standard InChI is InChI=1S/C14H13ClN2/c15-10-4-5-11-12(6-8-17-14(11)9-10)13-3-1-2-7-16-13/h1-5,7,9,12,17H,6,8H2. The molecule has 0 aliphatic carbocycles. The van der Waals surface area contributed by atoms with E-state index in [4.69, 9.17) is 11.6 Å². The molecule has 0 fully saturated rings. The summed E-state index contributed by atoms with van der Waals surface area (Å²) in [5, 5.41) is 4.17. The van der Waals surface area contributed by atoms with Crippen LogP contribution in [-0.4, -0.2) is 11.5 Å². The molecule has 0 amide bonds. The lowest BCUT2D eigenvalue weighted by molar-refractivity contribution is 0.700. The van der Waals surface area contributed by atoms with Crippen molar-refractivity contribution in [3.63, 3.8) is 0 Å². The molecule has 0 bridgehead atoms. The largest absolute Gasteiger partial charge is 0.385 e. The average Bonchev–Trinajstić information content (AvgIpc) is 2.39. The second-order valence-corrected chi connectivity index (χ2v) is 4.69. The summed E-state index contributed by atoms with van der Waals surface area (Å²) in [6.07, 6.45) is 2.93. The fraction of sp³-hybridized carbons (Fsp3) is 0.214. The van der Waals surface area contributed by atoms with E-state index in [0.717, 1.165) is 29.4 Å². The van der Waals surface area contributed by atoms with Crippen molar-refractivity contribution in [3.05, 3.63) is 58.9 Å².